The highest BCUT2D eigenvalue weighted by molar-refractivity contribution is 7.98. The third kappa shape index (κ3) is 4.36. The maximum absolute atomic E-state index is 11.7. The molecule has 1 aromatic heterocycles. The standard InChI is InChI=1S/C10H16N4O3S/c1-3-7(6-18-2)11-9(15)5-14-4-8(10(16)17)12-13-14/h4,7H,3,5-6H2,1-2H3,(H,11,15)(H,16,17). The summed E-state index contributed by atoms with van der Waals surface area (Å²) in [5, 5.41) is 18.5. The molecular weight excluding hydrogens is 256 g/mol. The first kappa shape index (κ1) is 14.5. The number of carboxylic acids is 1. The quantitative estimate of drug-likeness (QED) is 0.737. The van der Waals surface area contributed by atoms with Gasteiger partial charge in [0.25, 0.3) is 0 Å². The van der Waals surface area contributed by atoms with Crippen LogP contribution in [0.15, 0.2) is 6.20 Å². The molecule has 1 heterocycles. The molecule has 100 valence electrons. The van der Waals surface area contributed by atoms with Crippen LogP contribution in [0.5, 0.6) is 0 Å². The van der Waals surface area contributed by atoms with Gasteiger partial charge >= 0.3 is 5.97 Å². The van der Waals surface area contributed by atoms with E-state index in [1.54, 1.807) is 11.8 Å². The van der Waals surface area contributed by atoms with Gasteiger partial charge in [0, 0.05) is 11.8 Å². The molecule has 1 atom stereocenters. The third-order valence-electron chi connectivity index (χ3n) is 2.29. The second kappa shape index (κ2) is 7.00. The normalized spacial score (nSPS) is 12.1. The molecule has 0 spiro atoms. The first-order chi connectivity index (χ1) is 8.56. The lowest BCUT2D eigenvalue weighted by atomic mass is 10.2. The van der Waals surface area contributed by atoms with Crippen LogP contribution in [0, 0.1) is 0 Å². The van der Waals surface area contributed by atoms with Crippen molar-refractivity contribution >= 4 is 23.6 Å². The fraction of sp³-hybridized carbons (Fsp3) is 0.600. The lowest BCUT2D eigenvalue weighted by Gasteiger charge is -2.15. The number of hydrogen-bond acceptors (Lipinski definition) is 5. The van der Waals surface area contributed by atoms with Crippen molar-refractivity contribution in [2.24, 2.45) is 0 Å². The smallest absolute Gasteiger partial charge is 0.358 e. The van der Waals surface area contributed by atoms with Gasteiger partial charge in [0.2, 0.25) is 5.91 Å². The second-order valence-electron chi connectivity index (χ2n) is 3.73. The summed E-state index contributed by atoms with van der Waals surface area (Å²) >= 11 is 1.66. The Kier molecular flexibility index (Phi) is 5.63. The molecule has 18 heavy (non-hydrogen) atoms. The van der Waals surface area contributed by atoms with Crippen LogP contribution in [0.2, 0.25) is 0 Å². The van der Waals surface area contributed by atoms with Crippen molar-refractivity contribution in [3.8, 4) is 0 Å². The van der Waals surface area contributed by atoms with Crippen LogP contribution in [0.25, 0.3) is 0 Å². The fourth-order valence-electron chi connectivity index (χ4n) is 1.36. The van der Waals surface area contributed by atoms with Gasteiger partial charge in [-0.1, -0.05) is 12.1 Å². The summed E-state index contributed by atoms with van der Waals surface area (Å²) < 4.78 is 1.21. The third-order valence-corrected chi connectivity index (χ3v) is 3.02. The lowest BCUT2D eigenvalue weighted by molar-refractivity contribution is -0.122. The molecule has 0 aliphatic carbocycles. The topological polar surface area (TPSA) is 97.1 Å². The van der Waals surface area contributed by atoms with Crippen molar-refractivity contribution in [1.82, 2.24) is 20.3 Å². The Morgan fingerprint density at radius 3 is 2.83 bits per heavy atom. The molecule has 1 aromatic rings. The SMILES string of the molecule is CCC(CSC)NC(=O)Cn1cc(C(=O)O)nn1. The van der Waals surface area contributed by atoms with E-state index in [0.29, 0.717) is 0 Å². The minimum atomic E-state index is -1.16. The number of hydrogen-bond donors (Lipinski definition) is 2. The maximum Gasteiger partial charge on any atom is 0.358 e. The van der Waals surface area contributed by atoms with E-state index in [1.165, 1.54) is 10.9 Å². The molecule has 0 radical (unpaired) electrons. The average molecular weight is 272 g/mol. The fourth-order valence-corrected chi connectivity index (χ4v) is 2.08. The zero-order valence-corrected chi connectivity index (χ0v) is 11.1. The Morgan fingerprint density at radius 2 is 2.33 bits per heavy atom. The molecule has 0 aromatic carbocycles. The van der Waals surface area contributed by atoms with Crippen LogP contribution in [0.1, 0.15) is 23.8 Å². The number of aromatic nitrogens is 3. The van der Waals surface area contributed by atoms with E-state index < -0.39 is 5.97 Å². The van der Waals surface area contributed by atoms with Gasteiger partial charge < -0.3 is 10.4 Å². The summed E-state index contributed by atoms with van der Waals surface area (Å²) in [6, 6.07) is 0.120. The number of carbonyl (C=O) groups excluding carboxylic acids is 1. The Labute approximate surface area is 109 Å². The van der Waals surface area contributed by atoms with E-state index >= 15 is 0 Å². The molecule has 0 aliphatic heterocycles. The van der Waals surface area contributed by atoms with E-state index in [0.717, 1.165) is 12.2 Å². The van der Waals surface area contributed by atoms with Gasteiger partial charge in [-0.05, 0) is 12.7 Å². The van der Waals surface area contributed by atoms with Gasteiger partial charge in [0.05, 0.1) is 6.20 Å². The zero-order chi connectivity index (χ0) is 13.5. The Bertz CT molecular complexity index is 421. The molecule has 1 amide bonds. The number of thioether (sulfide) groups is 1. The highest BCUT2D eigenvalue weighted by atomic mass is 32.2. The van der Waals surface area contributed by atoms with Crippen molar-refractivity contribution in [3.05, 3.63) is 11.9 Å². The summed E-state index contributed by atoms with van der Waals surface area (Å²) in [5.74, 6) is -0.506. The number of carbonyl (C=O) groups is 2. The van der Waals surface area contributed by atoms with Crippen molar-refractivity contribution in [2.45, 2.75) is 25.9 Å². The number of nitrogens with zero attached hydrogens (tertiary/aromatic N) is 3. The average Bonchev–Trinajstić information content (AvgIpc) is 2.77. The molecule has 7 nitrogen and oxygen atoms in total. The Hall–Kier alpha value is -1.57. The molecule has 2 N–H and O–H groups in total. The van der Waals surface area contributed by atoms with Gasteiger partial charge in [-0.2, -0.15) is 11.8 Å². The number of aromatic carboxylic acids is 1. The van der Waals surface area contributed by atoms with E-state index in [-0.39, 0.29) is 24.2 Å². The molecule has 0 fully saturated rings. The summed E-state index contributed by atoms with van der Waals surface area (Å²) in [7, 11) is 0. The van der Waals surface area contributed by atoms with E-state index in [9.17, 15) is 9.59 Å². The molecule has 0 saturated carbocycles. The summed E-state index contributed by atoms with van der Waals surface area (Å²) in [4.78, 5) is 22.3. The van der Waals surface area contributed by atoms with Crippen LogP contribution in [-0.2, 0) is 11.3 Å². The van der Waals surface area contributed by atoms with Gasteiger partial charge in [-0.3, -0.25) is 4.79 Å². The van der Waals surface area contributed by atoms with Gasteiger partial charge in [0.1, 0.15) is 6.54 Å². The minimum Gasteiger partial charge on any atom is -0.476 e. The minimum absolute atomic E-state index is 0.0227. The molecule has 1 rings (SSSR count). The lowest BCUT2D eigenvalue weighted by Crippen LogP contribution is -2.38. The molecular formula is C10H16N4O3S. The molecule has 8 heteroatoms. The first-order valence-electron chi connectivity index (χ1n) is 5.48. The molecule has 0 aliphatic rings. The Balaban J connectivity index is 2.50. The molecule has 0 saturated heterocycles. The Morgan fingerprint density at radius 1 is 1.61 bits per heavy atom. The van der Waals surface area contributed by atoms with E-state index in [2.05, 4.69) is 15.6 Å². The number of carboxylic acid groups (broad SMARTS) is 1. The monoisotopic (exact) mass is 272 g/mol. The van der Waals surface area contributed by atoms with Crippen LogP contribution in [-0.4, -0.2) is 50.0 Å². The summed E-state index contributed by atoms with van der Waals surface area (Å²) in [5.41, 5.74) is -0.168. The van der Waals surface area contributed by atoms with Gasteiger partial charge in [-0.15, -0.1) is 5.10 Å². The number of amides is 1. The number of nitrogens with one attached hydrogen (secondary N) is 1. The van der Waals surface area contributed by atoms with Crippen molar-refractivity contribution in [2.75, 3.05) is 12.0 Å². The predicted octanol–water partition coefficient (Wildman–Crippen LogP) is 0.234. The van der Waals surface area contributed by atoms with Crippen LogP contribution in [0.4, 0.5) is 0 Å². The summed E-state index contributed by atoms with van der Waals surface area (Å²) in [6.45, 7) is 1.98. The maximum atomic E-state index is 11.7. The van der Waals surface area contributed by atoms with Crippen LogP contribution >= 0.6 is 11.8 Å². The van der Waals surface area contributed by atoms with E-state index in [4.69, 9.17) is 5.11 Å². The molecule has 1 unspecified atom stereocenters. The second-order valence-corrected chi connectivity index (χ2v) is 4.65. The van der Waals surface area contributed by atoms with Crippen LogP contribution < -0.4 is 5.32 Å². The van der Waals surface area contributed by atoms with Gasteiger partial charge in [-0.25, -0.2) is 9.48 Å². The highest BCUT2D eigenvalue weighted by Gasteiger charge is 2.13. The number of rotatable bonds is 7. The molecule has 0 bridgehead atoms. The van der Waals surface area contributed by atoms with E-state index in [1.807, 2.05) is 13.2 Å². The van der Waals surface area contributed by atoms with Crippen molar-refractivity contribution < 1.29 is 14.7 Å². The highest BCUT2D eigenvalue weighted by Crippen LogP contribution is 2.01. The summed E-state index contributed by atoms with van der Waals surface area (Å²) in [6.07, 6.45) is 4.06. The van der Waals surface area contributed by atoms with Crippen LogP contribution in [0.3, 0.4) is 0 Å². The zero-order valence-electron chi connectivity index (χ0n) is 10.3. The largest absolute Gasteiger partial charge is 0.476 e. The van der Waals surface area contributed by atoms with Gasteiger partial charge in [0.15, 0.2) is 5.69 Å². The predicted molar refractivity (Wildman–Crippen MR) is 67.6 cm³/mol. The first-order valence-corrected chi connectivity index (χ1v) is 6.88. The van der Waals surface area contributed by atoms with Crippen molar-refractivity contribution in [3.63, 3.8) is 0 Å². The van der Waals surface area contributed by atoms with Crippen molar-refractivity contribution in [1.29, 1.82) is 0 Å².